The normalized spacial score (nSPS) is 25.6. The summed E-state index contributed by atoms with van der Waals surface area (Å²) >= 11 is 0. The number of carbonyl (C=O) groups excluding carboxylic acids is 1. The number of nitrogens with zero attached hydrogens (tertiary/aromatic N) is 3. The molecule has 5 atom stereocenters. The van der Waals surface area contributed by atoms with E-state index < -0.39 is 0 Å². The second-order valence-corrected chi connectivity index (χ2v) is 10.5. The van der Waals surface area contributed by atoms with Gasteiger partial charge in [-0.05, 0) is 73.5 Å². The van der Waals surface area contributed by atoms with Crippen molar-refractivity contribution in [3.63, 3.8) is 0 Å². The second kappa shape index (κ2) is 9.74. The van der Waals surface area contributed by atoms with Crippen molar-refractivity contribution >= 4 is 22.7 Å². The lowest BCUT2D eigenvalue weighted by Crippen LogP contribution is -2.53. The van der Waals surface area contributed by atoms with E-state index in [4.69, 9.17) is 9.47 Å². The number of para-hydroxylation sites is 1. The quantitative estimate of drug-likeness (QED) is 0.429. The molecule has 7 rings (SSSR count). The molecule has 0 N–H and O–H groups in total. The fraction of sp³-hybridized carbons (Fsp3) is 0.467. The Morgan fingerprint density at radius 1 is 1.17 bits per heavy atom. The predicted octanol–water partition coefficient (Wildman–Crippen LogP) is 5.99. The molecule has 6 nitrogen and oxygen atoms in total. The Labute approximate surface area is 213 Å². The van der Waals surface area contributed by atoms with Crippen LogP contribution < -0.4 is 9.64 Å². The van der Waals surface area contributed by atoms with E-state index in [2.05, 4.69) is 22.9 Å². The molecule has 3 aromatic rings. The maximum Gasteiger partial charge on any atom is 0.414 e. The topological polar surface area (TPSA) is 54.9 Å². The molecule has 36 heavy (non-hydrogen) atoms. The Balaban J connectivity index is 1.33. The summed E-state index contributed by atoms with van der Waals surface area (Å²) in [7, 11) is 1.68. The molecule has 4 aliphatic heterocycles. The molecule has 1 unspecified atom stereocenters. The van der Waals surface area contributed by atoms with Crippen LogP contribution in [0.2, 0.25) is 0 Å². The van der Waals surface area contributed by atoms with Gasteiger partial charge in [0.25, 0.3) is 0 Å². The highest BCUT2D eigenvalue weighted by atomic mass is 16.6. The first-order valence-corrected chi connectivity index (χ1v) is 13.4. The van der Waals surface area contributed by atoms with Crippen LogP contribution in [0.4, 0.5) is 10.5 Å². The van der Waals surface area contributed by atoms with E-state index in [1.54, 1.807) is 12.0 Å². The van der Waals surface area contributed by atoms with E-state index in [9.17, 15) is 4.79 Å². The number of aromatic nitrogens is 1. The van der Waals surface area contributed by atoms with Crippen molar-refractivity contribution in [2.24, 2.45) is 11.8 Å². The second-order valence-electron chi connectivity index (χ2n) is 10.5. The molecule has 0 spiro atoms. The first-order valence-electron chi connectivity index (χ1n) is 13.4. The summed E-state index contributed by atoms with van der Waals surface area (Å²) < 4.78 is 11.9. The van der Waals surface area contributed by atoms with Gasteiger partial charge in [-0.15, -0.1) is 0 Å². The Morgan fingerprint density at radius 3 is 2.86 bits per heavy atom. The summed E-state index contributed by atoms with van der Waals surface area (Å²) in [5, 5.41) is 0.985. The summed E-state index contributed by atoms with van der Waals surface area (Å²) in [4.78, 5) is 22.6. The number of benzene rings is 2. The predicted molar refractivity (Wildman–Crippen MR) is 141 cm³/mol. The number of piperidine rings is 3. The number of rotatable bonds is 6. The molecule has 3 saturated heterocycles. The number of hydrogen-bond acceptors (Lipinski definition) is 5. The van der Waals surface area contributed by atoms with Crippen LogP contribution in [0.5, 0.6) is 5.75 Å². The number of methoxy groups -OCH3 is 1. The van der Waals surface area contributed by atoms with E-state index in [-0.39, 0.29) is 12.2 Å². The van der Waals surface area contributed by atoms with E-state index >= 15 is 0 Å². The van der Waals surface area contributed by atoms with Gasteiger partial charge < -0.3 is 9.47 Å². The average Bonchev–Trinajstić information content (AvgIpc) is 3.37. The maximum atomic E-state index is 13.6. The van der Waals surface area contributed by atoms with Crippen LogP contribution in [0.25, 0.3) is 10.9 Å². The minimum atomic E-state index is -0.354. The van der Waals surface area contributed by atoms with Gasteiger partial charge in [0.1, 0.15) is 11.9 Å². The first-order chi connectivity index (χ1) is 17.6. The molecular weight excluding hydrogens is 450 g/mol. The van der Waals surface area contributed by atoms with E-state index in [0.29, 0.717) is 12.6 Å². The lowest BCUT2D eigenvalue weighted by Gasteiger charge is -2.50. The summed E-state index contributed by atoms with van der Waals surface area (Å²) in [5.74, 6) is 2.35. The Bertz CT molecular complexity index is 1260. The van der Waals surface area contributed by atoms with Gasteiger partial charge in [0.2, 0.25) is 0 Å². The highest BCUT2D eigenvalue weighted by Crippen LogP contribution is 2.42. The SMILES string of the molecule is CC[C@@H]1CN2CC[C@H]1C[C@H]2C[C@@H](OC(=O)N1CCc2ccccc21)c1ccnc2ccc(OC)cc12. The molecule has 1 amide bonds. The van der Waals surface area contributed by atoms with Crippen LogP contribution >= 0.6 is 0 Å². The highest BCUT2D eigenvalue weighted by molar-refractivity contribution is 5.91. The van der Waals surface area contributed by atoms with E-state index in [0.717, 1.165) is 65.7 Å². The van der Waals surface area contributed by atoms with Crippen LogP contribution in [0.1, 0.15) is 49.8 Å². The van der Waals surface area contributed by atoms with Crippen molar-refractivity contribution in [2.45, 2.75) is 51.2 Å². The minimum Gasteiger partial charge on any atom is -0.497 e. The average molecular weight is 486 g/mol. The molecule has 6 heteroatoms. The van der Waals surface area contributed by atoms with Crippen molar-refractivity contribution in [1.29, 1.82) is 0 Å². The Kier molecular flexibility index (Phi) is 6.30. The van der Waals surface area contributed by atoms with Gasteiger partial charge in [-0.25, -0.2) is 4.79 Å². The molecule has 0 saturated carbocycles. The Morgan fingerprint density at radius 2 is 2.06 bits per heavy atom. The third-order valence-corrected chi connectivity index (χ3v) is 8.70. The summed E-state index contributed by atoms with van der Waals surface area (Å²) in [6.45, 7) is 5.29. The van der Waals surface area contributed by atoms with Crippen molar-refractivity contribution in [2.75, 3.05) is 31.6 Å². The molecule has 0 aliphatic carbocycles. The van der Waals surface area contributed by atoms with Gasteiger partial charge in [-0.1, -0.05) is 31.5 Å². The molecule has 2 bridgehead atoms. The van der Waals surface area contributed by atoms with Crippen LogP contribution in [0, 0.1) is 11.8 Å². The van der Waals surface area contributed by atoms with Gasteiger partial charge in [0.05, 0.1) is 18.3 Å². The fourth-order valence-corrected chi connectivity index (χ4v) is 6.71. The maximum absolute atomic E-state index is 13.6. The van der Waals surface area contributed by atoms with Crippen LogP contribution in [0.15, 0.2) is 54.7 Å². The van der Waals surface area contributed by atoms with Crippen molar-refractivity contribution in [3.05, 3.63) is 65.9 Å². The molecule has 0 radical (unpaired) electrons. The number of amides is 1. The van der Waals surface area contributed by atoms with Gasteiger partial charge in [-0.3, -0.25) is 14.8 Å². The number of carbonyl (C=O) groups is 1. The third kappa shape index (κ3) is 4.21. The van der Waals surface area contributed by atoms with Crippen molar-refractivity contribution in [1.82, 2.24) is 9.88 Å². The zero-order valence-electron chi connectivity index (χ0n) is 21.2. The Hall–Kier alpha value is -3.12. The van der Waals surface area contributed by atoms with E-state index in [1.807, 2.05) is 48.7 Å². The molecule has 1 aromatic heterocycles. The van der Waals surface area contributed by atoms with Crippen LogP contribution in [-0.4, -0.2) is 48.8 Å². The highest BCUT2D eigenvalue weighted by Gasteiger charge is 2.41. The lowest BCUT2D eigenvalue weighted by molar-refractivity contribution is -0.0227. The molecule has 5 heterocycles. The van der Waals surface area contributed by atoms with Gasteiger partial charge in [0, 0.05) is 42.7 Å². The number of ether oxygens (including phenoxy) is 2. The number of hydrogen-bond donors (Lipinski definition) is 0. The number of fused-ring (bicyclic) bond motifs is 5. The smallest absolute Gasteiger partial charge is 0.414 e. The molecule has 4 aliphatic rings. The number of anilines is 1. The molecule has 3 fully saturated rings. The first kappa shape index (κ1) is 23.3. The zero-order chi connectivity index (χ0) is 24.6. The van der Waals surface area contributed by atoms with E-state index in [1.165, 1.54) is 24.8 Å². The van der Waals surface area contributed by atoms with Crippen LogP contribution in [0.3, 0.4) is 0 Å². The summed E-state index contributed by atoms with van der Waals surface area (Å²) in [5.41, 5.74) is 4.06. The van der Waals surface area contributed by atoms with Gasteiger partial charge in [0.15, 0.2) is 0 Å². The molecular formula is C30H35N3O3. The molecule has 188 valence electrons. The lowest BCUT2D eigenvalue weighted by atomic mass is 9.73. The van der Waals surface area contributed by atoms with Crippen LogP contribution in [-0.2, 0) is 11.2 Å². The van der Waals surface area contributed by atoms with Crippen molar-refractivity contribution in [3.8, 4) is 5.75 Å². The number of pyridine rings is 1. The van der Waals surface area contributed by atoms with Crippen molar-refractivity contribution < 1.29 is 14.3 Å². The van der Waals surface area contributed by atoms with Gasteiger partial charge >= 0.3 is 6.09 Å². The monoisotopic (exact) mass is 485 g/mol. The minimum absolute atomic E-state index is 0.264. The molecule has 2 aromatic carbocycles. The summed E-state index contributed by atoms with van der Waals surface area (Å²) in [6, 6.07) is 16.5. The standard InChI is InChI=1S/C30H35N3O3/c1-3-20-19-32-14-11-22(20)16-23(32)17-29(25-10-13-31-27-9-8-24(35-2)18-26(25)27)36-30(34)33-15-12-21-6-4-5-7-28(21)33/h4-10,13,18,20,22-23,29H,3,11-12,14-17,19H2,1-2H3/t20-,22+,23+,29-/m1/s1. The third-order valence-electron chi connectivity index (χ3n) is 8.70. The van der Waals surface area contributed by atoms with Gasteiger partial charge in [-0.2, -0.15) is 0 Å². The largest absolute Gasteiger partial charge is 0.497 e. The zero-order valence-corrected chi connectivity index (χ0v) is 21.2. The fourth-order valence-electron chi connectivity index (χ4n) is 6.71. The summed E-state index contributed by atoms with van der Waals surface area (Å²) in [6.07, 6.45) is 6.59.